The van der Waals surface area contributed by atoms with Crippen LogP contribution in [0.2, 0.25) is 10.0 Å². The van der Waals surface area contributed by atoms with E-state index in [0.29, 0.717) is 33.2 Å². The van der Waals surface area contributed by atoms with Crippen molar-refractivity contribution < 1.29 is 19.2 Å². The van der Waals surface area contributed by atoms with Crippen LogP contribution >= 0.6 is 23.2 Å². The molecular formula is C27H31Cl2N3O4. The van der Waals surface area contributed by atoms with Gasteiger partial charge in [0.25, 0.3) is 11.8 Å². The van der Waals surface area contributed by atoms with Gasteiger partial charge in [-0.3, -0.25) is 24.1 Å². The molecule has 2 aromatic carbocycles. The Labute approximate surface area is 221 Å². The summed E-state index contributed by atoms with van der Waals surface area (Å²) in [5.41, 5.74) is 1.42. The van der Waals surface area contributed by atoms with Gasteiger partial charge in [-0.15, -0.1) is 0 Å². The van der Waals surface area contributed by atoms with Crippen molar-refractivity contribution in [2.45, 2.75) is 65.1 Å². The summed E-state index contributed by atoms with van der Waals surface area (Å²) in [6.45, 7) is 5.98. The van der Waals surface area contributed by atoms with Crippen LogP contribution in [0.4, 0.5) is 0 Å². The van der Waals surface area contributed by atoms with E-state index in [-0.39, 0.29) is 55.6 Å². The molecule has 0 bridgehead atoms. The average Bonchev–Trinajstić information content (AvgIpc) is 3.10. The number of imide groups is 1. The average molecular weight is 532 g/mol. The summed E-state index contributed by atoms with van der Waals surface area (Å²) in [7, 11) is 0. The lowest BCUT2D eigenvalue weighted by molar-refractivity contribution is -0.141. The Balaban J connectivity index is 1.74. The van der Waals surface area contributed by atoms with E-state index in [9.17, 15) is 19.2 Å². The molecule has 1 heterocycles. The molecule has 1 aliphatic rings. The first kappa shape index (κ1) is 27.7. The number of carbonyl (C=O) groups is 4. The van der Waals surface area contributed by atoms with Gasteiger partial charge in [-0.25, -0.2) is 0 Å². The molecule has 3 rings (SSSR count). The van der Waals surface area contributed by atoms with E-state index in [4.69, 9.17) is 23.2 Å². The summed E-state index contributed by atoms with van der Waals surface area (Å²) in [6, 6.07) is 11.0. The normalized spacial score (nSPS) is 14.4. The fourth-order valence-corrected chi connectivity index (χ4v) is 4.64. The number of hydrogen-bond acceptors (Lipinski definition) is 4. The number of amides is 4. The summed E-state index contributed by atoms with van der Waals surface area (Å²) >= 11 is 12.4. The van der Waals surface area contributed by atoms with Crippen LogP contribution in [-0.4, -0.2) is 52.1 Å². The van der Waals surface area contributed by atoms with Crippen molar-refractivity contribution in [1.29, 1.82) is 0 Å². The second-order valence-corrected chi connectivity index (χ2v) is 9.75. The second-order valence-electron chi connectivity index (χ2n) is 8.91. The van der Waals surface area contributed by atoms with Crippen LogP contribution in [0, 0.1) is 0 Å². The van der Waals surface area contributed by atoms with Gasteiger partial charge in [-0.2, -0.15) is 0 Å². The third-order valence-corrected chi connectivity index (χ3v) is 6.98. The van der Waals surface area contributed by atoms with Gasteiger partial charge in [0.15, 0.2) is 0 Å². The molecule has 2 atom stereocenters. The monoisotopic (exact) mass is 531 g/mol. The number of fused-ring (bicyclic) bond motifs is 1. The fraction of sp³-hybridized carbons (Fsp3) is 0.407. The minimum Gasteiger partial charge on any atom is -0.352 e. The van der Waals surface area contributed by atoms with Gasteiger partial charge < -0.3 is 10.2 Å². The Morgan fingerprint density at radius 3 is 2.19 bits per heavy atom. The topological polar surface area (TPSA) is 86.8 Å². The van der Waals surface area contributed by atoms with E-state index in [1.54, 1.807) is 42.5 Å². The van der Waals surface area contributed by atoms with E-state index in [2.05, 4.69) is 5.32 Å². The van der Waals surface area contributed by atoms with Gasteiger partial charge in [0, 0.05) is 35.6 Å². The minimum atomic E-state index is -0.697. The second kappa shape index (κ2) is 12.4. The first-order chi connectivity index (χ1) is 17.2. The van der Waals surface area contributed by atoms with E-state index < -0.39 is 6.04 Å². The molecule has 0 fully saturated rings. The number of nitrogens with one attached hydrogen (secondary N) is 1. The third kappa shape index (κ3) is 6.26. The summed E-state index contributed by atoms with van der Waals surface area (Å²) in [6.07, 6.45) is 1.52. The smallest absolute Gasteiger partial charge is 0.261 e. The molecule has 0 radical (unpaired) electrons. The number of benzene rings is 2. The first-order valence-corrected chi connectivity index (χ1v) is 12.9. The lowest BCUT2D eigenvalue weighted by Gasteiger charge is -2.32. The first-order valence-electron chi connectivity index (χ1n) is 12.2. The summed E-state index contributed by atoms with van der Waals surface area (Å²) in [4.78, 5) is 54.4. The quantitative estimate of drug-likeness (QED) is 0.409. The van der Waals surface area contributed by atoms with Crippen molar-refractivity contribution in [3.8, 4) is 0 Å². The van der Waals surface area contributed by atoms with Gasteiger partial charge in [0.2, 0.25) is 11.8 Å². The van der Waals surface area contributed by atoms with Gasteiger partial charge in [0.1, 0.15) is 6.04 Å². The van der Waals surface area contributed by atoms with Crippen LogP contribution in [-0.2, 0) is 16.1 Å². The molecule has 0 aromatic heterocycles. The van der Waals surface area contributed by atoms with Crippen molar-refractivity contribution >= 4 is 46.8 Å². The number of rotatable bonds is 11. The molecule has 192 valence electrons. The van der Waals surface area contributed by atoms with Crippen LogP contribution in [0.1, 0.15) is 72.7 Å². The Hall–Kier alpha value is -2.90. The number of carbonyl (C=O) groups excluding carboxylic acids is 4. The molecule has 1 N–H and O–H groups in total. The Morgan fingerprint density at radius 2 is 1.64 bits per heavy atom. The highest BCUT2D eigenvalue weighted by Crippen LogP contribution is 2.25. The van der Waals surface area contributed by atoms with Crippen LogP contribution in [0.15, 0.2) is 42.5 Å². The van der Waals surface area contributed by atoms with Gasteiger partial charge in [-0.05, 0) is 56.0 Å². The van der Waals surface area contributed by atoms with Crippen molar-refractivity contribution in [2.75, 3.05) is 6.54 Å². The molecule has 0 spiro atoms. The summed E-state index contributed by atoms with van der Waals surface area (Å²) < 4.78 is 0. The highest BCUT2D eigenvalue weighted by molar-refractivity contribution is 6.35. The standard InChI is InChI=1S/C27H31Cl2N3O4/c1-4-17(3)30-25(34)23(5-2)32(16-18-12-13-19(28)15-22(18)29)24(33)11-8-14-31-26(35)20-9-6-7-10-21(20)27(31)36/h6-7,9-10,12-13,15,17,23H,4-5,8,11,14,16H2,1-3H3,(H,30,34)/t17-,23-/m1/s1. The molecule has 2 aromatic rings. The predicted molar refractivity (Wildman–Crippen MR) is 140 cm³/mol. The molecule has 0 saturated heterocycles. The molecular weight excluding hydrogens is 501 g/mol. The largest absolute Gasteiger partial charge is 0.352 e. The van der Waals surface area contributed by atoms with Crippen LogP contribution in [0.5, 0.6) is 0 Å². The highest BCUT2D eigenvalue weighted by Gasteiger charge is 2.35. The highest BCUT2D eigenvalue weighted by atomic mass is 35.5. The minimum absolute atomic E-state index is 0.0311. The maximum atomic E-state index is 13.4. The number of hydrogen-bond donors (Lipinski definition) is 1. The molecule has 9 heteroatoms. The summed E-state index contributed by atoms with van der Waals surface area (Å²) in [5, 5.41) is 3.85. The molecule has 0 unspecified atom stereocenters. The zero-order chi connectivity index (χ0) is 26.4. The van der Waals surface area contributed by atoms with Crippen molar-refractivity contribution in [3.05, 3.63) is 69.2 Å². The molecule has 1 aliphatic heterocycles. The number of nitrogens with zero attached hydrogens (tertiary/aromatic N) is 2. The van der Waals surface area contributed by atoms with E-state index in [0.717, 1.165) is 6.42 Å². The van der Waals surface area contributed by atoms with Crippen LogP contribution in [0.25, 0.3) is 0 Å². The van der Waals surface area contributed by atoms with Crippen LogP contribution in [0.3, 0.4) is 0 Å². The number of halogens is 2. The zero-order valence-electron chi connectivity index (χ0n) is 20.7. The summed E-state index contributed by atoms with van der Waals surface area (Å²) in [5.74, 6) is -1.20. The van der Waals surface area contributed by atoms with Crippen molar-refractivity contribution in [2.24, 2.45) is 0 Å². The van der Waals surface area contributed by atoms with E-state index >= 15 is 0 Å². The van der Waals surface area contributed by atoms with Crippen molar-refractivity contribution in [3.63, 3.8) is 0 Å². The van der Waals surface area contributed by atoms with Gasteiger partial charge in [0.05, 0.1) is 11.1 Å². The molecule has 36 heavy (non-hydrogen) atoms. The molecule has 7 nitrogen and oxygen atoms in total. The zero-order valence-corrected chi connectivity index (χ0v) is 22.2. The molecule has 0 saturated carbocycles. The SMILES string of the molecule is CC[C@@H](C)NC(=O)[C@@H](CC)N(Cc1ccc(Cl)cc1Cl)C(=O)CCCN1C(=O)c2ccccc2C1=O. The lowest BCUT2D eigenvalue weighted by atomic mass is 10.1. The van der Waals surface area contributed by atoms with Crippen LogP contribution < -0.4 is 5.32 Å². The third-order valence-electron chi connectivity index (χ3n) is 6.39. The lowest BCUT2D eigenvalue weighted by Crippen LogP contribution is -2.50. The fourth-order valence-electron chi connectivity index (χ4n) is 4.17. The van der Waals surface area contributed by atoms with E-state index in [1.807, 2.05) is 20.8 Å². The maximum Gasteiger partial charge on any atom is 0.261 e. The maximum absolute atomic E-state index is 13.4. The van der Waals surface area contributed by atoms with E-state index in [1.165, 1.54) is 9.80 Å². The van der Waals surface area contributed by atoms with Gasteiger partial charge >= 0.3 is 0 Å². The Bertz CT molecular complexity index is 1120. The Kier molecular flexibility index (Phi) is 9.51. The van der Waals surface area contributed by atoms with Crippen molar-refractivity contribution in [1.82, 2.24) is 15.1 Å². The Morgan fingerprint density at radius 1 is 1.00 bits per heavy atom. The molecule has 4 amide bonds. The predicted octanol–water partition coefficient (Wildman–Crippen LogP) is 5.09. The molecule has 0 aliphatic carbocycles. The van der Waals surface area contributed by atoms with Gasteiger partial charge in [-0.1, -0.05) is 55.2 Å².